The summed E-state index contributed by atoms with van der Waals surface area (Å²) in [6, 6.07) is 0.330. The number of rotatable bonds is 4. The summed E-state index contributed by atoms with van der Waals surface area (Å²) in [6.07, 6.45) is 9.45. The molecule has 0 spiro atoms. The summed E-state index contributed by atoms with van der Waals surface area (Å²) in [7, 11) is 0. The number of carboxylic acids is 1. The normalized spacial score (nSPS) is 31.8. The molecule has 0 radical (unpaired) electrons. The average Bonchev–Trinajstić information content (AvgIpc) is 2.35. The van der Waals surface area contributed by atoms with Crippen molar-refractivity contribution in [1.82, 2.24) is 4.90 Å². The van der Waals surface area contributed by atoms with Crippen molar-refractivity contribution in [3.63, 3.8) is 0 Å². The van der Waals surface area contributed by atoms with E-state index >= 15 is 0 Å². The van der Waals surface area contributed by atoms with Crippen LogP contribution in [-0.4, -0.2) is 34.6 Å². The fourth-order valence-electron chi connectivity index (χ4n) is 3.75. The maximum absolute atomic E-state index is 11.4. The minimum atomic E-state index is -0.613. The van der Waals surface area contributed by atoms with Crippen molar-refractivity contribution in [1.29, 1.82) is 0 Å². The second-order valence-corrected chi connectivity index (χ2v) is 5.63. The summed E-state index contributed by atoms with van der Waals surface area (Å²) in [5.74, 6) is 0.161. The second-order valence-electron chi connectivity index (χ2n) is 5.63. The molecule has 3 nitrogen and oxygen atoms in total. The quantitative estimate of drug-likeness (QED) is 0.820. The monoisotopic (exact) mass is 239 g/mol. The Hall–Kier alpha value is -0.570. The summed E-state index contributed by atoms with van der Waals surface area (Å²) in [4.78, 5) is 13.7. The third-order valence-electron chi connectivity index (χ3n) is 4.53. The number of hydrogen-bond acceptors (Lipinski definition) is 2. The van der Waals surface area contributed by atoms with Gasteiger partial charge in [0.15, 0.2) is 0 Å². The number of piperidine rings is 1. The van der Waals surface area contributed by atoms with E-state index in [1.54, 1.807) is 0 Å². The van der Waals surface area contributed by atoms with Gasteiger partial charge in [-0.3, -0.25) is 9.69 Å². The van der Waals surface area contributed by atoms with Crippen LogP contribution < -0.4 is 0 Å². The van der Waals surface area contributed by atoms with Crippen molar-refractivity contribution in [3.8, 4) is 0 Å². The summed E-state index contributed by atoms with van der Waals surface area (Å²) < 4.78 is 0. The lowest BCUT2D eigenvalue weighted by atomic mass is 9.77. The molecule has 2 aliphatic rings. The second kappa shape index (κ2) is 5.85. The Labute approximate surface area is 104 Å². The number of likely N-dealkylation sites (tertiary alicyclic amines) is 1. The van der Waals surface area contributed by atoms with Crippen LogP contribution >= 0.6 is 0 Å². The van der Waals surface area contributed by atoms with Gasteiger partial charge in [0.05, 0.1) is 0 Å². The molecule has 0 aromatic heterocycles. The minimum absolute atomic E-state index is 0.231. The van der Waals surface area contributed by atoms with Crippen LogP contribution in [0.15, 0.2) is 0 Å². The van der Waals surface area contributed by atoms with Crippen LogP contribution in [0.3, 0.4) is 0 Å². The molecule has 0 bridgehead atoms. The first-order chi connectivity index (χ1) is 8.24. The highest BCUT2D eigenvalue weighted by Gasteiger charge is 2.38. The topological polar surface area (TPSA) is 40.5 Å². The van der Waals surface area contributed by atoms with Gasteiger partial charge in [-0.1, -0.05) is 26.2 Å². The molecule has 98 valence electrons. The van der Waals surface area contributed by atoms with Crippen LogP contribution in [-0.2, 0) is 4.79 Å². The predicted molar refractivity (Wildman–Crippen MR) is 68.0 cm³/mol. The summed E-state index contributed by atoms with van der Waals surface area (Å²) in [6.45, 7) is 3.08. The van der Waals surface area contributed by atoms with Crippen LogP contribution in [0.5, 0.6) is 0 Å². The van der Waals surface area contributed by atoms with Gasteiger partial charge in [0.1, 0.15) is 6.04 Å². The van der Waals surface area contributed by atoms with Crippen molar-refractivity contribution < 1.29 is 9.90 Å². The molecule has 1 saturated carbocycles. The average molecular weight is 239 g/mol. The number of hydrogen-bond donors (Lipinski definition) is 1. The van der Waals surface area contributed by atoms with Crippen LogP contribution in [0.4, 0.5) is 0 Å². The maximum Gasteiger partial charge on any atom is 0.320 e. The molecule has 3 atom stereocenters. The van der Waals surface area contributed by atoms with Crippen molar-refractivity contribution in [3.05, 3.63) is 0 Å². The number of fused-ring (bicyclic) bond motifs is 1. The number of carbonyl (C=O) groups is 1. The molecule has 1 heterocycles. The standard InChI is InChI=1S/C14H25NO2/c1-2-6-13(14(16)17)15-10-5-8-11-7-3-4-9-12(11)15/h11-13H,2-10H2,1H3,(H,16,17). The van der Waals surface area contributed by atoms with E-state index in [0.29, 0.717) is 6.04 Å². The van der Waals surface area contributed by atoms with Crippen LogP contribution in [0.25, 0.3) is 0 Å². The number of carboxylic acid groups (broad SMARTS) is 1. The molecule has 3 heteroatoms. The van der Waals surface area contributed by atoms with Crippen molar-refractivity contribution in [2.75, 3.05) is 6.54 Å². The molecule has 3 unspecified atom stereocenters. The van der Waals surface area contributed by atoms with Gasteiger partial charge < -0.3 is 5.11 Å². The van der Waals surface area contributed by atoms with E-state index in [1.807, 2.05) is 0 Å². The first-order valence-electron chi connectivity index (χ1n) is 7.22. The highest BCUT2D eigenvalue weighted by atomic mass is 16.4. The molecule has 2 rings (SSSR count). The van der Waals surface area contributed by atoms with Crippen LogP contribution in [0, 0.1) is 5.92 Å². The molecule has 17 heavy (non-hydrogen) atoms. The molecule has 1 N–H and O–H groups in total. The Morgan fingerprint density at radius 3 is 2.71 bits per heavy atom. The summed E-state index contributed by atoms with van der Waals surface area (Å²) >= 11 is 0. The van der Waals surface area contributed by atoms with Gasteiger partial charge >= 0.3 is 5.97 Å². The lowest BCUT2D eigenvalue weighted by Crippen LogP contribution is -2.54. The van der Waals surface area contributed by atoms with E-state index in [1.165, 1.54) is 38.5 Å². The first-order valence-corrected chi connectivity index (χ1v) is 7.22. The van der Waals surface area contributed by atoms with Gasteiger partial charge in [-0.2, -0.15) is 0 Å². The molecule has 0 aromatic rings. The molecule has 0 amide bonds. The Balaban J connectivity index is 2.08. The van der Waals surface area contributed by atoms with E-state index in [0.717, 1.165) is 25.3 Å². The fraction of sp³-hybridized carbons (Fsp3) is 0.929. The molecule has 0 aromatic carbocycles. The number of aliphatic carboxylic acids is 1. The van der Waals surface area contributed by atoms with E-state index < -0.39 is 5.97 Å². The molecular weight excluding hydrogens is 214 g/mol. The number of nitrogens with zero attached hydrogens (tertiary/aromatic N) is 1. The first kappa shape index (κ1) is 12.9. The maximum atomic E-state index is 11.4. The van der Waals surface area contributed by atoms with E-state index in [-0.39, 0.29) is 6.04 Å². The zero-order valence-corrected chi connectivity index (χ0v) is 10.9. The lowest BCUT2D eigenvalue weighted by Gasteiger charge is -2.46. The van der Waals surface area contributed by atoms with Gasteiger partial charge in [0.25, 0.3) is 0 Å². The largest absolute Gasteiger partial charge is 0.480 e. The molecule has 1 aliphatic heterocycles. The van der Waals surface area contributed by atoms with Gasteiger partial charge in [0, 0.05) is 6.04 Å². The van der Waals surface area contributed by atoms with E-state index in [9.17, 15) is 9.90 Å². The van der Waals surface area contributed by atoms with Crippen molar-refractivity contribution in [2.45, 2.75) is 70.4 Å². The van der Waals surface area contributed by atoms with Crippen LogP contribution in [0.2, 0.25) is 0 Å². The molecule has 1 aliphatic carbocycles. The minimum Gasteiger partial charge on any atom is -0.480 e. The van der Waals surface area contributed by atoms with E-state index in [4.69, 9.17) is 0 Å². The smallest absolute Gasteiger partial charge is 0.320 e. The SMILES string of the molecule is CCCC(C(=O)O)N1CCCC2CCCCC21. The third-order valence-corrected chi connectivity index (χ3v) is 4.53. The fourth-order valence-corrected chi connectivity index (χ4v) is 3.75. The predicted octanol–water partition coefficient (Wildman–Crippen LogP) is 2.89. The molecule has 2 fully saturated rings. The zero-order chi connectivity index (χ0) is 12.3. The Morgan fingerprint density at radius 2 is 2.00 bits per heavy atom. The highest BCUT2D eigenvalue weighted by Crippen LogP contribution is 2.36. The van der Waals surface area contributed by atoms with E-state index in [2.05, 4.69) is 11.8 Å². The van der Waals surface area contributed by atoms with Gasteiger partial charge in [-0.15, -0.1) is 0 Å². The highest BCUT2D eigenvalue weighted by molar-refractivity contribution is 5.73. The Kier molecular flexibility index (Phi) is 4.43. The van der Waals surface area contributed by atoms with Crippen molar-refractivity contribution >= 4 is 5.97 Å². The Bertz CT molecular complexity index is 265. The molecular formula is C14H25NO2. The van der Waals surface area contributed by atoms with Gasteiger partial charge in [-0.25, -0.2) is 0 Å². The van der Waals surface area contributed by atoms with Gasteiger partial charge in [-0.05, 0) is 44.6 Å². The summed E-state index contributed by atoms with van der Waals surface area (Å²) in [5, 5.41) is 9.41. The van der Waals surface area contributed by atoms with Crippen molar-refractivity contribution in [2.24, 2.45) is 5.92 Å². The van der Waals surface area contributed by atoms with Gasteiger partial charge in [0.2, 0.25) is 0 Å². The van der Waals surface area contributed by atoms with Crippen LogP contribution in [0.1, 0.15) is 58.3 Å². The Morgan fingerprint density at radius 1 is 1.29 bits per heavy atom. The lowest BCUT2D eigenvalue weighted by molar-refractivity contribution is -0.146. The molecule has 1 saturated heterocycles. The third kappa shape index (κ3) is 2.82. The summed E-state index contributed by atoms with van der Waals surface area (Å²) in [5.41, 5.74) is 0. The zero-order valence-electron chi connectivity index (χ0n) is 10.9.